The third kappa shape index (κ3) is 5.40. The SMILES string of the molecule is COCC1(CNC(=O)c2cccc(S(=O)(=O)N(C)C)c2)CCNCC1.Cl. The number of carbonyl (C=O) groups is 1. The fourth-order valence-electron chi connectivity index (χ4n) is 3.01. The molecule has 0 aliphatic carbocycles. The molecule has 1 saturated heterocycles. The van der Waals surface area contributed by atoms with Crippen LogP contribution in [0.1, 0.15) is 23.2 Å². The van der Waals surface area contributed by atoms with Crippen LogP contribution in [0.3, 0.4) is 0 Å². The number of carbonyl (C=O) groups excluding carboxylic acids is 1. The summed E-state index contributed by atoms with van der Waals surface area (Å²) in [7, 11) is 1.04. The largest absolute Gasteiger partial charge is 0.384 e. The number of rotatable bonds is 7. The van der Waals surface area contributed by atoms with E-state index in [0.29, 0.717) is 18.7 Å². The molecule has 2 rings (SSSR count). The van der Waals surface area contributed by atoms with E-state index in [1.54, 1.807) is 19.2 Å². The van der Waals surface area contributed by atoms with E-state index in [0.717, 1.165) is 30.2 Å². The first-order chi connectivity index (χ1) is 11.8. The van der Waals surface area contributed by atoms with Crippen molar-refractivity contribution in [2.24, 2.45) is 5.41 Å². The summed E-state index contributed by atoms with van der Waals surface area (Å²) in [5.41, 5.74) is 0.257. The molecular weight excluding hydrogens is 378 g/mol. The highest BCUT2D eigenvalue weighted by Crippen LogP contribution is 2.28. The van der Waals surface area contributed by atoms with Crippen LogP contribution in [-0.2, 0) is 14.8 Å². The lowest BCUT2D eigenvalue weighted by atomic mass is 9.79. The zero-order valence-corrected chi connectivity index (χ0v) is 17.1. The van der Waals surface area contributed by atoms with Gasteiger partial charge in [-0.25, -0.2) is 12.7 Å². The molecule has 148 valence electrons. The average molecular weight is 406 g/mol. The number of ether oxygens (including phenoxy) is 1. The quantitative estimate of drug-likeness (QED) is 0.709. The van der Waals surface area contributed by atoms with Crippen LogP contribution in [0.4, 0.5) is 0 Å². The standard InChI is InChI=1S/C17H27N3O4S.ClH/c1-20(2)25(22,23)15-6-4-5-14(11-15)16(21)19-12-17(13-24-3)7-9-18-10-8-17;/h4-6,11,18H,7-10,12-13H2,1-3H3,(H,19,21);1H. The molecule has 1 aliphatic heterocycles. The Morgan fingerprint density at radius 3 is 2.54 bits per heavy atom. The maximum atomic E-state index is 12.5. The van der Waals surface area contributed by atoms with Gasteiger partial charge >= 0.3 is 0 Å². The van der Waals surface area contributed by atoms with E-state index in [1.807, 2.05) is 0 Å². The number of nitrogens with one attached hydrogen (secondary N) is 2. The summed E-state index contributed by atoms with van der Waals surface area (Å²) in [5.74, 6) is -0.273. The molecule has 0 bridgehead atoms. The summed E-state index contributed by atoms with van der Waals surface area (Å²) in [6.45, 7) is 2.89. The molecule has 0 radical (unpaired) electrons. The Morgan fingerprint density at radius 1 is 1.31 bits per heavy atom. The Labute approximate surface area is 161 Å². The number of nitrogens with zero attached hydrogens (tertiary/aromatic N) is 1. The van der Waals surface area contributed by atoms with Crippen molar-refractivity contribution < 1.29 is 17.9 Å². The lowest BCUT2D eigenvalue weighted by molar-refractivity contribution is 0.0511. The molecule has 0 spiro atoms. The number of hydrogen-bond donors (Lipinski definition) is 2. The van der Waals surface area contributed by atoms with Crippen molar-refractivity contribution in [2.45, 2.75) is 17.7 Å². The van der Waals surface area contributed by atoms with Gasteiger partial charge in [-0.1, -0.05) is 6.07 Å². The van der Waals surface area contributed by atoms with Crippen molar-refractivity contribution in [1.82, 2.24) is 14.9 Å². The summed E-state index contributed by atoms with van der Waals surface area (Å²) in [5, 5.41) is 6.26. The van der Waals surface area contributed by atoms with Crippen LogP contribution >= 0.6 is 12.4 Å². The molecule has 0 saturated carbocycles. The number of sulfonamides is 1. The summed E-state index contributed by atoms with van der Waals surface area (Å²) in [6.07, 6.45) is 1.85. The molecule has 1 amide bonds. The normalized spacial score (nSPS) is 16.8. The third-order valence-electron chi connectivity index (χ3n) is 4.61. The monoisotopic (exact) mass is 405 g/mol. The Balaban J connectivity index is 0.00000338. The topological polar surface area (TPSA) is 87.7 Å². The minimum atomic E-state index is -3.56. The van der Waals surface area contributed by atoms with E-state index in [1.165, 1.54) is 26.2 Å². The number of piperidine rings is 1. The smallest absolute Gasteiger partial charge is 0.251 e. The van der Waals surface area contributed by atoms with Gasteiger partial charge in [-0.15, -0.1) is 12.4 Å². The van der Waals surface area contributed by atoms with E-state index >= 15 is 0 Å². The molecule has 0 atom stereocenters. The molecule has 1 aromatic rings. The fraction of sp³-hybridized carbons (Fsp3) is 0.588. The minimum absolute atomic E-state index is 0. The Bertz CT molecular complexity index is 698. The highest BCUT2D eigenvalue weighted by Gasteiger charge is 2.32. The number of amides is 1. The Hall–Kier alpha value is -1.19. The fourth-order valence-corrected chi connectivity index (χ4v) is 3.96. The molecule has 7 nitrogen and oxygen atoms in total. The summed E-state index contributed by atoms with van der Waals surface area (Å²) in [4.78, 5) is 12.6. The highest BCUT2D eigenvalue weighted by atomic mass is 35.5. The summed E-state index contributed by atoms with van der Waals surface area (Å²) in [6, 6.07) is 6.11. The van der Waals surface area contributed by atoms with Crippen LogP contribution in [0.5, 0.6) is 0 Å². The molecule has 1 fully saturated rings. The lowest BCUT2D eigenvalue weighted by Crippen LogP contribution is -2.47. The Morgan fingerprint density at radius 2 is 1.96 bits per heavy atom. The molecule has 0 aromatic heterocycles. The zero-order chi connectivity index (χ0) is 18.5. The number of methoxy groups -OCH3 is 1. The van der Waals surface area contributed by atoms with Gasteiger partial charge in [0.15, 0.2) is 0 Å². The third-order valence-corrected chi connectivity index (χ3v) is 6.42. The Kier molecular flexibility index (Phi) is 8.49. The second-order valence-corrected chi connectivity index (χ2v) is 8.83. The minimum Gasteiger partial charge on any atom is -0.384 e. The van der Waals surface area contributed by atoms with Gasteiger partial charge in [0.25, 0.3) is 5.91 Å². The van der Waals surface area contributed by atoms with Crippen LogP contribution in [-0.4, -0.2) is 66.1 Å². The van der Waals surface area contributed by atoms with E-state index in [9.17, 15) is 13.2 Å². The summed E-state index contributed by atoms with van der Waals surface area (Å²) < 4.78 is 30.9. The number of hydrogen-bond acceptors (Lipinski definition) is 5. The first-order valence-corrected chi connectivity index (χ1v) is 9.75. The van der Waals surface area contributed by atoms with Gasteiger partial charge in [-0.05, 0) is 44.1 Å². The molecular formula is C17H28ClN3O4S. The highest BCUT2D eigenvalue weighted by molar-refractivity contribution is 7.89. The van der Waals surface area contributed by atoms with Crippen molar-refractivity contribution in [1.29, 1.82) is 0 Å². The van der Waals surface area contributed by atoms with Crippen molar-refractivity contribution in [2.75, 3.05) is 47.4 Å². The van der Waals surface area contributed by atoms with E-state index in [4.69, 9.17) is 4.74 Å². The lowest BCUT2D eigenvalue weighted by Gasteiger charge is -2.37. The average Bonchev–Trinajstić information content (AvgIpc) is 2.61. The van der Waals surface area contributed by atoms with Crippen molar-refractivity contribution in [3.05, 3.63) is 29.8 Å². The molecule has 1 aromatic carbocycles. The van der Waals surface area contributed by atoms with Crippen LogP contribution in [0.15, 0.2) is 29.2 Å². The number of halogens is 1. The maximum absolute atomic E-state index is 12.5. The molecule has 1 aliphatic rings. The van der Waals surface area contributed by atoms with Gasteiger partial charge in [0.2, 0.25) is 10.0 Å². The summed E-state index contributed by atoms with van der Waals surface area (Å²) >= 11 is 0. The van der Waals surface area contributed by atoms with Crippen LogP contribution in [0.2, 0.25) is 0 Å². The van der Waals surface area contributed by atoms with Crippen LogP contribution in [0, 0.1) is 5.41 Å². The zero-order valence-electron chi connectivity index (χ0n) is 15.4. The van der Waals surface area contributed by atoms with E-state index < -0.39 is 10.0 Å². The molecule has 26 heavy (non-hydrogen) atoms. The molecule has 2 N–H and O–H groups in total. The predicted molar refractivity (Wildman–Crippen MR) is 103 cm³/mol. The molecule has 9 heteroatoms. The second-order valence-electron chi connectivity index (χ2n) is 6.68. The van der Waals surface area contributed by atoms with E-state index in [-0.39, 0.29) is 28.6 Å². The second kappa shape index (κ2) is 9.66. The van der Waals surface area contributed by atoms with E-state index in [2.05, 4.69) is 10.6 Å². The first kappa shape index (κ1) is 22.9. The first-order valence-electron chi connectivity index (χ1n) is 8.31. The van der Waals surface area contributed by atoms with Gasteiger partial charge in [0, 0.05) is 38.7 Å². The van der Waals surface area contributed by atoms with Gasteiger partial charge in [0.1, 0.15) is 0 Å². The van der Waals surface area contributed by atoms with Crippen LogP contribution in [0.25, 0.3) is 0 Å². The van der Waals surface area contributed by atoms with Gasteiger partial charge in [-0.2, -0.15) is 0 Å². The molecule has 1 heterocycles. The number of benzene rings is 1. The van der Waals surface area contributed by atoms with Gasteiger partial charge in [0.05, 0.1) is 11.5 Å². The molecule has 0 unspecified atom stereocenters. The maximum Gasteiger partial charge on any atom is 0.251 e. The van der Waals surface area contributed by atoms with Crippen molar-refractivity contribution >= 4 is 28.3 Å². The van der Waals surface area contributed by atoms with Crippen molar-refractivity contribution in [3.8, 4) is 0 Å². The predicted octanol–water partition coefficient (Wildman–Crippen LogP) is 1.10. The van der Waals surface area contributed by atoms with Gasteiger partial charge in [-0.3, -0.25) is 4.79 Å². The van der Waals surface area contributed by atoms with Gasteiger partial charge < -0.3 is 15.4 Å². The van der Waals surface area contributed by atoms with Crippen molar-refractivity contribution in [3.63, 3.8) is 0 Å². The van der Waals surface area contributed by atoms with Crippen LogP contribution < -0.4 is 10.6 Å².